The van der Waals surface area contributed by atoms with Crippen LogP contribution < -0.4 is 0 Å². The van der Waals surface area contributed by atoms with Gasteiger partial charge in [0.2, 0.25) is 0 Å². The molecule has 0 heterocycles. The Kier molecular flexibility index (Phi) is 2.18. The van der Waals surface area contributed by atoms with Gasteiger partial charge in [-0.2, -0.15) is 0 Å². The number of carbonyl (C=O) groups excluding carboxylic acids is 1. The molecule has 17 heavy (non-hydrogen) atoms. The SMILES string of the molecule is O=CC1(c2ccc3c(O)cccc3c2)CCC1. The first-order chi connectivity index (χ1) is 8.25. The van der Waals surface area contributed by atoms with Gasteiger partial charge >= 0.3 is 0 Å². The van der Waals surface area contributed by atoms with E-state index in [4.69, 9.17) is 0 Å². The number of carbonyl (C=O) groups is 1. The van der Waals surface area contributed by atoms with Crippen LogP contribution in [0.25, 0.3) is 10.8 Å². The van der Waals surface area contributed by atoms with Crippen molar-refractivity contribution < 1.29 is 9.90 Å². The minimum atomic E-state index is -0.264. The van der Waals surface area contributed by atoms with Gasteiger partial charge in [-0.15, -0.1) is 0 Å². The third kappa shape index (κ3) is 1.44. The van der Waals surface area contributed by atoms with Crippen LogP contribution in [0.3, 0.4) is 0 Å². The molecule has 2 aromatic carbocycles. The van der Waals surface area contributed by atoms with Crippen LogP contribution in [0.1, 0.15) is 24.8 Å². The smallest absolute Gasteiger partial charge is 0.130 e. The lowest BCUT2D eigenvalue weighted by atomic mass is 9.65. The molecule has 0 aromatic heterocycles. The highest BCUT2D eigenvalue weighted by Crippen LogP contribution is 2.43. The maximum atomic E-state index is 11.3. The van der Waals surface area contributed by atoms with E-state index in [1.54, 1.807) is 6.07 Å². The molecule has 0 aliphatic heterocycles. The zero-order chi connectivity index (χ0) is 11.9. The fraction of sp³-hybridized carbons (Fsp3) is 0.267. The van der Waals surface area contributed by atoms with Gasteiger partial charge in [0.25, 0.3) is 0 Å². The Hall–Kier alpha value is -1.83. The topological polar surface area (TPSA) is 37.3 Å². The molecule has 1 fully saturated rings. The van der Waals surface area contributed by atoms with E-state index in [1.807, 2.05) is 30.3 Å². The Morgan fingerprint density at radius 2 is 2.00 bits per heavy atom. The molecule has 1 saturated carbocycles. The molecule has 0 unspecified atom stereocenters. The van der Waals surface area contributed by atoms with Crippen LogP contribution in [0.2, 0.25) is 0 Å². The lowest BCUT2D eigenvalue weighted by Gasteiger charge is -2.37. The van der Waals surface area contributed by atoms with E-state index in [-0.39, 0.29) is 5.41 Å². The predicted octanol–water partition coefficient (Wildman–Crippen LogP) is 3.17. The molecule has 0 amide bonds. The van der Waals surface area contributed by atoms with E-state index in [2.05, 4.69) is 0 Å². The summed E-state index contributed by atoms with van der Waals surface area (Å²) in [5.41, 5.74) is 0.816. The highest BCUT2D eigenvalue weighted by atomic mass is 16.3. The first-order valence-corrected chi connectivity index (χ1v) is 5.94. The third-order valence-corrected chi connectivity index (χ3v) is 3.90. The zero-order valence-corrected chi connectivity index (χ0v) is 9.52. The molecule has 1 aliphatic carbocycles. The van der Waals surface area contributed by atoms with Crippen LogP contribution in [0.15, 0.2) is 36.4 Å². The monoisotopic (exact) mass is 226 g/mol. The molecule has 2 nitrogen and oxygen atoms in total. The lowest BCUT2D eigenvalue weighted by Crippen LogP contribution is -2.35. The van der Waals surface area contributed by atoms with Gasteiger partial charge in [-0.3, -0.25) is 0 Å². The molecule has 1 aliphatic rings. The van der Waals surface area contributed by atoms with E-state index < -0.39 is 0 Å². The lowest BCUT2D eigenvalue weighted by molar-refractivity contribution is -0.115. The molecule has 2 heteroatoms. The fourth-order valence-electron chi connectivity index (χ4n) is 2.61. The predicted molar refractivity (Wildman–Crippen MR) is 67.2 cm³/mol. The Balaban J connectivity index is 2.17. The van der Waals surface area contributed by atoms with Crippen molar-refractivity contribution in [3.63, 3.8) is 0 Å². The maximum Gasteiger partial charge on any atom is 0.130 e. The van der Waals surface area contributed by atoms with Crippen molar-refractivity contribution in [1.29, 1.82) is 0 Å². The van der Waals surface area contributed by atoms with Crippen LogP contribution in [-0.2, 0) is 10.2 Å². The van der Waals surface area contributed by atoms with Crippen LogP contribution in [0, 0.1) is 0 Å². The average Bonchev–Trinajstić information content (AvgIpc) is 2.28. The Labute approximate surface area is 99.9 Å². The van der Waals surface area contributed by atoms with Crippen molar-refractivity contribution in [3.8, 4) is 5.75 Å². The summed E-state index contributed by atoms with van der Waals surface area (Å²) in [5.74, 6) is 0.294. The van der Waals surface area contributed by atoms with Crippen LogP contribution in [-0.4, -0.2) is 11.4 Å². The van der Waals surface area contributed by atoms with Crippen LogP contribution >= 0.6 is 0 Å². The summed E-state index contributed by atoms with van der Waals surface area (Å²) in [6, 6.07) is 11.4. The number of aldehydes is 1. The summed E-state index contributed by atoms with van der Waals surface area (Å²) in [6.07, 6.45) is 4.10. The molecule has 0 radical (unpaired) electrons. The summed E-state index contributed by atoms with van der Waals surface area (Å²) in [7, 11) is 0. The van der Waals surface area contributed by atoms with E-state index >= 15 is 0 Å². The standard InChI is InChI=1S/C15H14O2/c16-10-15(7-2-8-15)12-5-6-13-11(9-12)3-1-4-14(13)17/h1,3-6,9-10,17H,2,7-8H2. The molecular formula is C15H14O2. The summed E-state index contributed by atoms with van der Waals surface area (Å²) in [6.45, 7) is 0. The molecule has 0 atom stereocenters. The van der Waals surface area contributed by atoms with Crippen molar-refractivity contribution in [2.75, 3.05) is 0 Å². The molecule has 0 spiro atoms. The highest BCUT2D eigenvalue weighted by molar-refractivity contribution is 5.89. The van der Waals surface area contributed by atoms with E-state index in [0.29, 0.717) is 5.75 Å². The minimum absolute atomic E-state index is 0.264. The average molecular weight is 226 g/mol. The Morgan fingerprint density at radius 1 is 1.18 bits per heavy atom. The molecule has 86 valence electrons. The van der Waals surface area contributed by atoms with Gasteiger partial charge in [0.15, 0.2) is 0 Å². The largest absolute Gasteiger partial charge is 0.507 e. The summed E-state index contributed by atoms with van der Waals surface area (Å²) < 4.78 is 0. The van der Waals surface area contributed by atoms with Crippen LogP contribution in [0.5, 0.6) is 5.75 Å². The first kappa shape index (κ1) is 10.3. The minimum Gasteiger partial charge on any atom is -0.507 e. The molecule has 1 N–H and O–H groups in total. The number of phenols is 1. The van der Waals surface area contributed by atoms with E-state index in [1.165, 1.54) is 0 Å². The van der Waals surface area contributed by atoms with Crippen molar-refractivity contribution in [1.82, 2.24) is 0 Å². The van der Waals surface area contributed by atoms with Gasteiger partial charge in [0.05, 0.1) is 5.41 Å². The number of hydrogen-bond acceptors (Lipinski definition) is 2. The second-order valence-electron chi connectivity index (χ2n) is 4.84. The zero-order valence-electron chi connectivity index (χ0n) is 9.52. The molecule has 0 bridgehead atoms. The van der Waals surface area contributed by atoms with E-state index in [0.717, 1.165) is 41.9 Å². The maximum absolute atomic E-state index is 11.3. The second kappa shape index (κ2) is 3.59. The Morgan fingerprint density at radius 3 is 2.65 bits per heavy atom. The molecule has 2 aromatic rings. The number of fused-ring (bicyclic) bond motifs is 1. The van der Waals surface area contributed by atoms with Gasteiger partial charge in [-0.25, -0.2) is 0 Å². The van der Waals surface area contributed by atoms with E-state index in [9.17, 15) is 9.90 Å². The molecular weight excluding hydrogens is 212 g/mol. The fourth-order valence-corrected chi connectivity index (χ4v) is 2.61. The van der Waals surface area contributed by atoms with Crippen molar-refractivity contribution in [3.05, 3.63) is 42.0 Å². The van der Waals surface area contributed by atoms with Gasteiger partial charge < -0.3 is 9.90 Å². The summed E-state index contributed by atoms with van der Waals surface area (Å²) in [5, 5.41) is 11.6. The first-order valence-electron chi connectivity index (χ1n) is 5.94. The molecule has 3 rings (SSSR count). The summed E-state index contributed by atoms with van der Waals surface area (Å²) >= 11 is 0. The van der Waals surface area contributed by atoms with Crippen molar-refractivity contribution in [2.45, 2.75) is 24.7 Å². The Bertz CT molecular complexity index is 582. The highest BCUT2D eigenvalue weighted by Gasteiger charge is 2.38. The van der Waals surface area contributed by atoms with Gasteiger partial charge in [-0.1, -0.05) is 36.8 Å². The quantitative estimate of drug-likeness (QED) is 0.798. The number of rotatable bonds is 2. The van der Waals surface area contributed by atoms with Crippen molar-refractivity contribution in [2.24, 2.45) is 0 Å². The third-order valence-electron chi connectivity index (χ3n) is 3.90. The normalized spacial score (nSPS) is 17.6. The van der Waals surface area contributed by atoms with Gasteiger partial charge in [0.1, 0.15) is 12.0 Å². The molecule has 0 saturated heterocycles. The number of phenolic OH excluding ortho intramolecular Hbond substituents is 1. The number of benzene rings is 2. The second-order valence-corrected chi connectivity index (χ2v) is 4.84. The number of hydrogen-bond donors (Lipinski definition) is 1. The van der Waals surface area contributed by atoms with Gasteiger partial charge in [-0.05, 0) is 29.9 Å². The number of aromatic hydroxyl groups is 1. The van der Waals surface area contributed by atoms with Gasteiger partial charge in [0, 0.05) is 5.39 Å². The summed E-state index contributed by atoms with van der Waals surface area (Å²) in [4.78, 5) is 11.3. The van der Waals surface area contributed by atoms with Crippen molar-refractivity contribution >= 4 is 17.1 Å². The van der Waals surface area contributed by atoms with Crippen LogP contribution in [0.4, 0.5) is 0 Å².